The number of carbonyl (C=O) groups excluding carboxylic acids is 1. The maximum absolute atomic E-state index is 10.4. The molecule has 0 N–H and O–H groups in total. The van der Waals surface area contributed by atoms with Crippen LogP contribution in [0.1, 0.15) is 13.3 Å². The van der Waals surface area contributed by atoms with Crippen LogP contribution in [-0.2, 0) is 9.53 Å². The van der Waals surface area contributed by atoms with Crippen LogP contribution in [-0.4, -0.2) is 35.1 Å². The van der Waals surface area contributed by atoms with Gasteiger partial charge in [0.1, 0.15) is 0 Å². The zero-order valence-corrected chi connectivity index (χ0v) is 7.79. The van der Waals surface area contributed by atoms with Gasteiger partial charge in [0.15, 0.2) is 0 Å². The van der Waals surface area contributed by atoms with E-state index in [1.165, 1.54) is 22.5 Å². The SMILES string of the molecule is CCOC(=O)C[CH2][Sn]. The van der Waals surface area contributed by atoms with Crippen molar-refractivity contribution in [2.24, 2.45) is 0 Å². The quantitative estimate of drug-likeness (QED) is 0.512. The van der Waals surface area contributed by atoms with Gasteiger partial charge in [0.2, 0.25) is 0 Å². The number of rotatable bonds is 3. The topological polar surface area (TPSA) is 26.3 Å². The van der Waals surface area contributed by atoms with Crippen molar-refractivity contribution >= 4 is 28.5 Å². The zero-order chi connectivity index (χ0) is 6.41. The van der Waals surface area contributed by atoms with Crippen LogP contribution < -0.4 is 0 Å². The summed E-state index contributed by atoms with van der Waals surface area (Å²) in [4.78, 5) is 10.4. The Hall–Kier alpha value is 0.269. The minimum atomic E-state index is -0.0655. The first-order valence-corrected chi connectivity index (χ1v) is 4.63. The van der Waals surface area contributed by atoms with Gasteiger partial charge in [-0.3, -0.25) is 0 Å². The molecule has 0 bridgehead atoms. The maximum atomic E-state index is 10.4. The fourth-order valence-corrected chi connectivity index (χ4v) is 0.918. The van der Waals surface area contributed by atoms with Crippen LogP contribution in [0.4, 0.5) is 0 Å². The Kier molecular flexibility index (Phi) is 5.59. The molecule has 0 heterocycles. The molecule has 0 aliphatic heterocycles. The molecule has 0 saturated carbocycles. The molecule has 0 atom stereocenters. The van der Waals surface area contributed by atoms with E-state index in [0.29, 0.717) is 13.0 Å². The Bertz CT molecular complexity index is 64.8. The van der Waals surface area contributed by atoms with E-state index in [9.17, 15) is 4.79 Å². The summed E-state index contributed by atoms with van der Waals surface area (Å²) in [6.45, 7) is 2.33. The Morgan fingerprint density at radius 1 is 1.75 bits per heavy atom. The van der Waals surface area contributed by atoms with Crippen molar-refractivity contribution in [3.63, 3.8) is 0 Å². The molecule has 3 heteroatoms. The fourth-order valence-electron chi connectivity index (χ4n) is 0.335. The molecule has 8 heavy (non-hydrogen) atoms. The van der Waals surface area contributed by atoms with Gasteiger partial charge < -0.3 is 0 Å². The normalized spacial score (nSPS) is 8.75. The minimum absolute atomic E-state index is 0.0655. The number of carbonyl (C=O) groups is 1. The third kappa shape index (κ3) is 4.43. The van der Waals surface area contributed by atoms with Gasteiger partial charge in [-0.2, -0.15) is 0 Å². The first kappa shape index (κ1) is 8.27. The molecule has 0 unspecified atom stereocenters. The molecule has 0 fully saturated rings. The summed E-state index contributed by atoms with van der Waals surface area (Å²) in [5, 5.41) is 0. The van der Waals surface area contributed by atoms with Crippen LogP contribution >= 0.6 is 0 Å². The van der Waals surface area contributed by atoms with Crippen molar-refractivity contribution in [3.8, 4) is 0 Å². The van der Waals surface area contributed by atoms with Crippen LogP contribution in [0, 0.1) is 0 Å². The van der Waals surface area contributed by atoms with Gasteiger partial charge in [0.25, 0.3) is 0 Å². The molecule has 0 aromatic heterocycles. The summed E-state index contributed by atoms with van der Waals surface area (Å²) >= 11 is 1.40. The third-order valence-corrected chi connectivity index (χ3v) is 1.35. The van der Waals surface area contributed by atoms with Crippen molar-refractivity contribution in [2.75, 3.05) is 6.61 Å². The van der Waals surface area contributed by atoms with Crippen LogP contribution in [0.3, 0.4) is 0 Å². The van der Waals surface area contributed by atoms with Crippen molar-refractivity contribution in [3.05, 3.63) is 0 Å². The average Bonchev–Trinajstić information content (AvgIpc) is 1.68. The summed E-state index contributed by atoms with van der Waals surface area (Å²) in [5.74, 6) is -0.0655. The van der Waals surface area contributed by atoms with Gasteiger partial charge in [0.05, 0.1) is 0 Å². The summed E-state index contributed by atoms with van der Waals surface area (Å²) in [6, 6.07) is 0. The molecule has 0 spiro atoms. The van der Waals surface area contributed by atoms with Gasteiger partial charge >= 0.3 is 62.4 Å². The van der Waals surface area contributed by atoms with Gasteiger partial charge in [-0.05, 0) is 0 Å². The van der Waals surface area contributed by atoms with Crippen molar-refractivity contribution in [2.45, 2.75) is 17.8 Å². The second-order valence-corrected chi connectivity index (χ2v) is 2.73. The third-order valence-electron chi connectivity index (χ3n) is 0.634. The second kappa shape index (κ2) is 5.41. The van der Waals surface area contributed by atoms with Crippen LogP contribution in [0.5, 0.6) is 0 Å². The van der Waals surface area contributed by atoms with E-state index in [0.717, 1.165) is 4.44 Å². The standard InChI is InChI=1S/C5H9O2.Sn/c1-3-5(6)7-4-2;/h1,3-4H2,2H3;. The van der Waals surface area contributed by atoms with Crippen molar-refractivity contribution in [1.29, 1.82) is 0 Å². The molecule has 2 nitrogen and oxygen atoms in total. The number of hydrogen-bond donors (Lipinski definition) is 0. The Labute approximate surface area is 62.7 Å². The predicted molar refractivity (Wildman–Crippen MR) is 31.8 cm³/mol. The van der Waals surface area contributed by atoms with Crippen LogP contribution in [0.25, 0.3) is 0 Å². The first-order valence-electron chi connectivity index (χ1n) is 2.61. The van der Waals surface area contributed by atoms with E-state index in [1.54, 1.807) is 0 Å². The van der Waals surface area contributed by atoms with E-state index in [2.05, 4.69) is 4.74 Å². The summed E-state index contributed by atoms with van der Waals surface area (Å²) < 4.78 is 5.62. The van der Waals surface area contributed by atoms with Gasteiger partial charge in [-0.15, -0.1) is 0 Å². The molecule has 0 aliphatic rings. The molecule has 3 radical (unpaired) electrons. The molecule has 45 valence electrons. The monoisotopic (exact) mass is 221 g/mol. The van der Waals surface area contributed by atoms with Crippen LogP contribution in [0.15, 0.2) is 0 Å². The van der Waals surface area contributed by atoms with E-state index in [1.807, 2.05) is 6.92 Å². The van der Waals surface area contributed by atoms with E-state index in [4.69, 9.17) is 0 Å². The number of ether oxygens (including phenoxy) is 1. The average molecular weight is 220 g/mol. The van der Waals surface area contributed by atoms with Gasteiger partial charge in [-0.1, -0.05) is 0 Å². The Morgan fingerprint density at radius 3 is 2.75 bits per heavy atom. The van der Waals surface area contributed by atoms with Crippen molar-refractivity contribution in [1.82, 2.24) is 0 Å². The first-order chi connectivity index (χ1) is 3.81. The molecule has 0 aromatic carbocycles. The summed E-state index contributed by atoms with van der Waals surface area (Å²) in [7, 11) is 0. The van der Waals surface area contributed by atoms with Gasteiger partial charge in [0, 0.05) is 0 Å². The van der Waals surface area contributed by atoms with Crippen LogP contribution in [0.2, 0.25) is 4.44 Å². The molecular weight excluding hydrogens is 211 g/mol. The summed E-state index contributed by atoms with van der Waals surface area (Å²) in [6.07, 6.45) is 0.589. The second-order valence-electron chi connectivity index (χ2n) is 1.31. The fraction of sp³-hybridized carbons (Fsp3) is 0.800. The van der Waals surface area contributed by atoms with Gasteiger partial charge in [-0.25, -0.2) is 0 Å². The molecule has 0 aliphatic carbocycles. The molecule has 0 amide bonds. The molecule has 0 rings (SSSR count). The van der Waals surface area contributed by atoms with Crippen molar-refractivity contribution < 1.29 is 9.53 Å². The van der Waals surface area contributed by atoms with E-state index >= 15 is 0 Å². The zero-order valence-electron chi connectivity index (χ0n) is 4.94. The number of hydrogen-bond acceptors (Lipinski definition) is 2. The predicted octanol–water partition coefficient (Wildman–Crippen LogP) is 0.526. The van der Waals surface area contributed by atoms with E-state index < -0.39 is 0 Å². The summed E-state index contributed by atoms with van der Waals surface area (Å²) in [5.41, 5.74) is 0. The molecule has 0 saturated heterocycles. The Balaban J connectivity index is 3.06. The molecular formula is C5H9O2Sn. The molecule has 0 aromatic rings. The number of esters is 1. The Morgan fingerprint density at radius 2 is 2.38 bits per heavy atom. The van der Waals surface area contributed by atoms with E-state index in [-0.39, 0.29) is 5.97 Å².